The number of anilines is 1. The van der Waals surface area contributed by atoms with Gasteiger partial charge in [-0.05, 0) is 6.07 Å². The van der Waals surface area contributed by atoms with Crippen LogP contribution < -0.4 is 10.8 Å². The number of hydroxylamine groups is 1. The second kappa shape index (κ2) is 6.44. The quantitative estimate of drug-likeness (QED) is 0.572. The summed E-state index contributed by atoms with van der Waals surface area (Å²) in [5, 5.41) is 13.5. The van der Waals surface area contributed by atoms with Crippen molar-refractivity contribution in [1.82, 2.24) is 5.48 Å². The normalized spacial score (nSPS) is 9.71. The molecule has 7 heteroatoms. The maximum absolute atomic E-state index is 11.0. The van der Waals surface area contributed by atoms with Gasteiger partial charge in [-0.2, -0.15) is 0 Å². The minimum Gasteiger partial charge on any atom is -0.379 e. The van der Waals surface area contributed by atoms with E-state index in [1.54, 1.807) is 18.2 Å². The van der Waals surface area contributed by atoms with Crippen LogP contribution in [0, 0.1) is 10.1 Å². The lowest BCUT2D eigenvalue weighted by Crippen LogP contribution is -2.24. The number of carbonyl (C=O) groups is 1. The third-order valence-electron chi connectivity index (χ3n) is 1.98. The minimum atomic E-state index is -0.475. The highest BCUT2D eigenvalue weighted by Crippen LogP contribution is 2.22. The predicted molar refractivity (Wildman–Crippen MR) is 61.4 cm³/mol. The Hall–Kier alpha value is -2.15. The fourth-order valence-electron chi connectivity index (χ4n) is 1.26. The van der Waals surface area contributed by atoms with Crippen LogP contribution in [0.5, 0.6) is 0 Å². The van der Waals surface area contributed by atoms with Gasteiger partial charge in [0.2, 0.25) is 5.91 Å². The number of amides is 1. The molecule has 0 bridgehead atoms. The van der Waals surface area contributed by atoms with Gasteiger partial charge in [-0.25, -0.2) is 5.48 Å². The van der Waals surface area contributed by atoms with E-state index >= 15 is 0 Å². The molecule has 1 aromatic carbocycles. The van der Waals surface area contributed by atoms with E-state index in [2.05, 4.69) is 15.6 Å². The van der Waals surface area contributed by atoms with Crippen molar-refractivity contribution < 1.29 is 14.6 Å². The number of rotatable bonds is 6. The van der Waals surface area contributed by atoms with Crippen LogP contribution in [0.4, 0.5) is 11.4 Å². The first-order valence-corrected chi connectivity index (χ1v) is 4.94. The van der Waals surface area contributed by atoms with Gasteiger partial charge < -0.3 is 5.32 Å². The van der Waals surface area contributed by atoms with Gasteiger partial charge in [0.05, 0.1) is 12.0 Å². The van der Waals surface area contributed by atoms with E-state index in [1.165, 1.54) is 13.2 Å². The van der Waals surface area contributed by atoms with Gasteiger partial charge in [0.1, 0.15) is 5.69 Å². The molecular formula is C10H13N3O4. The highest BCUT2D eigenvalue weighted by Gasteiger charge is 2.11. The van der Waals surface area contributed by atoms with Gasteiger partial charge in [0.25, 0.3) is 5.69 Å². The molecule has 0 radical (unpaired) electrons. The van der Waals surface area contributed by atoms with E-state index in [-0.39, 0.29) is 18.0 Å². The number of hydrogen-bond donors (Lipinski definition) is 2. The molecule has 0 aliphatic rings. The summed E-state index contributed by atoms with van der Waals surface area (Å²) in [4.78, 5) is 25.7. The fraction of sp³-hybridized carbons (Fsp3) is 0.300. The van der Waals surface area contributed by atoms with E-state index in [1.807, 2.05) is 0 Å². The van der Waals surface area contributed by atoms with Crippen molar-refractivity contribution in [3.8, 4) is 0 Å². The molecule has 0 aliphatic heterocycles. The van der Waals surface area contributed by atoms with Crippen LogP contribution in [0.3, 0.4) is 0 Å². The van der Waals surface area contributed by atoms with Gasteiger partial charge in [0, 0.05) is 19.0 Å². The Balaban J connectivity index is 2.52. The average molecular weight is 239 g/mol. The summed E-state index contributed by atoms with van der Waals surface area (Å²) in [5.41, 5.74) is 2.53. The Labute approximate surface area is 97.9 Å². The molecule has 7 nitrogen and oxygen atoms in total. The number of nitrogens with one attached hydrogen (secondary N) is 2. The molecule has 92 valence electrons. The number of carbonyl (C=O) groups excluding carboxylic acids is 1. The van der Waals surface area contributed by atoms with Crippen molar-refractivity contribution in [3.05, 3.63) is 34.4 Å². The first-order chi connectivity index (χ1) is 8.15. The zero-order chi connectivity index (χ0) is 12.7. The van der Waals surface area contributed by atoms with Crippen molar-refractivity contribution in [2.45, 2.75) is 6.42 Å². The fourth-order valence-corrected chi connectivity index (χ4v) is 1.26. The summed E-state index contributed by atoms with van der Waals surface area (Å²) in [5.74, 6) is -0.293. The molecule has 0 saturated carbocycles. The van der Waals surface area contributed by atoms with Gasteiger partial charge in [-0.15, -0.1) is 0 Å². The van der Waals surface area contributed by atoms with E-state index in [0.717, 1.165) is 0 Å². The standard InChI is InChI=1S/C10H13N3O4/c1-17-12-10(14)6-7-11-8-4-2-3-5-9(8)13(15)16/h2-5,11H,6-7H2,1H3,(H,12,14). The lowest BCUT2D eigenvalue weighted by atomic mass is 10.2. The van der Waals surface area contributed by atoms with Crippen molar-refractivity contribution >= 4 is 17.3 Å². The van der Waals surface area contributed by atoms with E-state index in [0.29, 0.717) is 12.2 Å². The maximum atomic E-state index is 11.0. The number of nitro benzene ring substituents is 1. The predicted octanol–water partition coefficient (Wildman–Crippen LogP) is 1.07. The highest BCUT2D eigenvalue weighted by molar-refractivity contribution is 5.75. The summed E-state index contributed by atoms with van der Waals surface area (Å²) in [7, 11) is 1.34. The van der Waals surface area contributed by atoms with Gasteiger partial charge >= 0.3 is 0 Å². The Morgan fingerprint density at radius 3 is 2.82 bits per heavy atom. The lowest BCUT2D eigenvalue weighted by Gasteiger charge is -2.06. The van der Waals surface area contributed by atoms with E-state index in [9.17, 15) is 14.9 Å². The van der Waals surface area contributed by atoms with E-state index in [4.69, 9.17) is 0 Å². The van der Waals surface area contributed by atoms with Gasteiger partial charge in [-0.1, -0.05) is 12.1 Å². The largest absolute Gasteiger partial charge is 0.379 e. The molecule has 2 N–H and O–H groups in total. The number of nitrogens with zero attached hydrogens (tertiary/aromatic N) is 1. The highest BCUT2D eigenvalue weighted by atomic mass is 16.6. The monoisotopic (exact) mass is 239 g/mol. The SMILES string of the molecule is CONC(=O)CCNc1ccccc1[N+](=O)[O-]. The second-order valence-electron chi connectivity index (χ2n) is 3.18. The molecule has 0 heterocycles. The second-order valence-corrected chi connectivity index (χ2v) is 3.18. The van der Waals surface area contributed by atoms with Crippen LogP contribution in [0.2, 0.25) is 0 Å². The van der Waals surface area contributed by atoms with Gasteiger partial charge in [0.15, 0.2) is 0 Å². The number of hydrogen-bond acceptors (Lipinski definition) is 5. The molecule has 1 rings (SSSR count). The first-order valence-electron chi connectivity index (χ1n) is 4.94. The zero-order valence-electron chi connectivity index (χ0n) is 9.30. The molecular weight excluding hydrogens is 226 g/mol. The van der Waals surface area contributed by atoms with Crippen LogP contribution in [0.15, 0.2) is 24.3 Å². The Morgan fingerprint density at radius 1 is 1.47 bits per heavy atom. The molecule has 0 spiro atoms. The summed E-state index contributed by atoms with van der Waals surface area (Å²) in [6.45, 7) is 0.292. The number of benzene rings is 1. The number of nitro groups is 1. The topological polar surface area (TPSA) is 93.5 Å². The molecule has 0 aliphatic carbocycles. The summed E-state index contributed by atoms with van der Waals surface area (Å²) in [6, 6.07) is 6.26. The van der Waals surface area contributed by atoms with Crippen LogP contribution >= 0.6 is 0 Å². The molecule has 17 heavy (non-hydrogen) atoms. The maximum Gasteiger partial charge on any atom is 0.292 e. The minimum absolute atomic E-state index is 0.0142. The molecule has 0 saturated heterocycles. The third-order valence-corrected chi connectivity index (χ3v) is 1.98. The molecule has 1 amide bonds. The number of para-hydroxylation sites is 2. The summed E-state index contributed by atoms with van der Waals surface area (Å²) >= 11 is 0. The Morgan fingerprint density at radius 2 is 2.18 bits per heavy atom. The molecule has 1 aromatic rings. The first kappa shape index (κ1) is 12.9. The molecule has 0 atom stereocenters. The summed E-state index contributed by atoms with van der Waals surface area (Å²) in [6.07, 6.45) is 0.167. The van der Waals surface area contributed by atoms with Crippen molar-refractivity contribution in [3.63, 3.8) is 0 Å². The molecule has 0 unspecified atom stereocenters. The Kier molecular flexibility index (Phi) is 4.89. The Bertz CT molecular complexity index is 408. The van der Waals surface area contributed by atoms with Crippen molar-refractivity contribution in [1.29, 1.82) is 0 Å². The van der Waals surface area contributed by atoms with E-state index < -0.39 is 4.92 Å². The van der Waals surface area contributed by atoms with Crippen LogP contribution in [-0.4, -0.2) is 24.5 Å². The van der Waals surface area contributed by atoms with Crippen molar-refractivity contribution in [2.75, 3.05) is 19.0 Å². The van der Waals surface area contributed by atoms with Crippen LogP contribution in [0.1, 0.15) is 6.42 Å². The molecule has 0 aromatic heterocycles. The third kappa shape index (κ3) is 4.07. The van der Waals surface area contributed by atoms with Crippen LogP contribution in [-0.2, 0) is 9.63 Å². The lowest BCUT2D eigenvalue weighted by molar-refractivity contribution is -0.384. The zero-order valence-corrected chi connectivity index (χ0v) is 9.30. The van der Waals surface area contributed by atoms with Crippen LogP contribution in [0.25, 0.3) is 0 Å². The summed E-state index contributed by atoms with van der Waals surface area (Å²) < 4.78 is 0. The van der Waals surface area contributed by atoms with Crippen molar-refractivity contribution in [2.24, 2.45) is 0 Å². The van der Waals surface area contributed by atoms with Gasteiger partial charge in [-0.3, -0.25) is 19.7 Å². The molecule has 0 fully saturated rings. The smallest absolute Gasteiger partial charge is 0.292 e. The average Bonchev–Trinajstić information content (AvgIpc) is 2.30.